The maximum atomic E-state index is 5.94. The number of nitrogens with one attached hydrogen (secondary N) is 1. The molecular formula is C14H27NO2. The summed E-state index contributed by atoms with van der Waals surface area (Å²) in [5.41, 5.74) is 0. The van der Waals surface area contributed by atoms with Crippen LogP contribution in [0.15, 0.2) is 0 Å². The van der Waals surface area contributed by atoms with Gasteiger partial charge in [-0.2, -0.15) is 0 Å². The minimum Gasteiger partial charge on any atom is -0.375 e. The molecule has 17 heavy (non-hydrogen) atoms. The van der Waals surface area contributed by atoms with Gasteiger partial charge in [-0.3, -0.25) is 0 Å². The molecule has 0 aromatic rings. The molecule has 100 valence electrons. The maximum Gasteiger partial charge on any atom is 0.0990 e. The van der Waals surface area contributed by atoms with E-state index in [2.05, 4.69) is 19.2 Å². The zero-order valence-electron chi connectivity index (χ0n) is 11.3. The Hall–Kier alpha value is -0.120. The fraction of sp³-hybridized carbons (Fsp3) is 1.00. The Morgan fingerprint density at radius 2 is 2.00 bits per heavy atom. The van der Waals surface area contributed by atoms with Crippen LogP contribution in [0.1, 0.15) is 46.0 Å². The van der Waals surface area contributed by atoms with Crippen LogP contribution in [-0.2, 0) is 9.47 Å². The largest absolute Gasteiger partial charge is 0.375 e. The van der Waals surface area contributed by atoms with Crippen molar-refractivity contribution in [1.82, 2.24) is 5.32 Å². The fourth-order valence-electron chi connectivity index (χ4n) is 2.48. The van der Waals surface area contributed by atoms with Crippen molar-refractivity contribution >= 4 is 0 Å². The molecule has 0 saturated heterocycles. The van der Waals surface area contributed by atoms with E-state index in [1.54, 1.807) is 0 Å². The fourth-order valence-corrected chi connectivity index (χ4v) is 2.48. The summed E-state index contributed by atoms with van der Waals surface area (Å²) in [6.45, 7) is 7.07. The van der Waals surface area contributed by atoms with Gasteiger partial charge < -0.3 is 14.8 Å². The molecule has 3 atom stereocenters. The monoisotopic (exact) mass is 241 g/mol. The van der Waals surface area contributed by atoms with Gasteiger partial charge in [0.05, 0.1) is 12.2 Å². The lowest BCUT2D eigenvalue weighted by molar-refractivity contribution is -0.145. The molecule has 2 saturated carbocycles. The molecular weight excluding hydrogens is 214 g/mol. The van der Waals surface area contributed by atoms with Crippen LogP contribution < -0.4 is 5.32 Å². The van der Waals surface area contributed by atoms with E-state index in [1.807, 2.05) is 0 Å². The molecule has 0 aromatic heterocycles. The highest BCUT2D eigenvalue weighted by Crippen LogP contribution is 2.33. The summed E-state index contributed by atoms with van der Waals surface area (Å²) in [5.74, 6) is 0.967. The molecule has 0 aromatic carbocycles. The Labute approximate surface area is 105 Å². The van der Waals surface area contributed by atoms with Crippen LogP contribution in [0.3, 0.4) is 0 Å². The van der Waals surface area contributed by atoms with Crippen molar-refractivity contribution in [1.29, 1.82) is 0 Å². The Morgan fingerprint density at radius 3 is 2.65 bits per heavy atom. The molecule has 2 rings (SSSR count). The van der Waals surface area contributed by atoms with Crippen LogP contribution in [0.5, 0.6) is 0 Å². The van der Waals surface area contributed by atoms with Crippen LogP contribution in [0.2, 0.25) is 0 Å². The van der Waals surface area contributed by atoms with E-state index in [4.69, 9.17) is 9.47 Å². The first-order chi connectivity index (χ1) is 8.35. The Balaban J connectivity index is 1.63. The first kappa shape index (κ1) is 13.3. The SMILES string of the molecule is CCCNC1CC(OCCC2CC2)C1OCC. The number of ether oxygens (including phenoxy) is 2. The Bertz CT molecular complexity index is 218. The van der Waals surface area contributed by atoms with E-state index in [-0.39, 0.29) is 6.10 Å². The molecule has 0 spiro atoms. The van der Waals surface area contributed by atoms with Gasteiger partial charge in [-0.25, -0.2) is 0 Å². The normalized spacial score (nSPS) is 32.5. The predicted molar refractivity (Wildman–Crippen MR) is 69.2 cm³/mol. The van der Waals surface area contributed by atoms with Crippen molar-refractivity contribution < 1.29 is 9.47 Å². The summed E-state index contributed by atoms with van der Waals surface area (Å²) in [6.07, 6.45) is 7.02. The van der Waals surface area contributed by atoms with Crippen molar-refractivity contribution in [3.8, 4) is 0 Å². The summed E-state index contributed by atoms with van der Waals surface area (Å²) < 4.78 is 11.7. The van der Waals surface area contributed by atoms with Gasteiger partial charge in [0, 0.05) is 19.3 Å². The minimum absolute atomic E-state index is 0.283. The van der Waals surface area contributed by atoms with Crippen LogP contribution in [0, 0.1) is 5.92 Å². The van der Waals surface area contributed by atoms with E-state index >= 15 is 0 Å². The highest BCUT2D eigenvalue weighted by Gasteiger charge is 2.42. The third kappa shape index (κ3) is 3.94. The van der Waals surface area contributed by atoms with Crippen molar-refractivity contribution in [2.75, 3.05) is 19.8 Å². The number of hydrogen-bond acceptors (Lipinski definition) is 3. The molecule has 0 amide bonds. The number of hydrogen-bond donors (Lipinski definition) is 1. The van der Waals surface area contributed by atoms with Crippen molar-refractivity contribution in [3.05, 3.63) is 0 Å². The van der Waals surface area contributed by atoms with Gasteiger partial charge in [0.25, 0.3) is 0 Å². The quantitative estimate of drug-likeness (QED) is 0.672. The van der Waals surface area contributed by atoms with Crippen molar-refractivity contribution in [2.45, 2.75) is 64.2 Å². The van der Waals surface area contributed by atoms with Gasteiger partial charge in [0.2, 0.25) is 0 Å². The second-order valence-corrected chi connectivity index (χ2v) is 5.36. The number of rotatable bonds is 9. The van der Waals surface area contributed by atoms with E-state index in [9.17, 15) is 0 Å². The van der Waals surface area contributed by atoms with Gasteiger partial charge >= 0.3 is 0 Å². The predicted octanol–water partition coefficient (Wildman–Crippen LogP) is 2.35. The topological polar surface area (TPSA) is 30.5 Å². The van der Waals surface area contributed by atoms with Gasteiger partial charge in [-0.05, 0) is 38.6 Å². The van der Waals surface area contributed by atoms with Crippen LogP contribution in [-0.4, -0.2) is 38.0 Å². The van der Waals surface area contributed by atoms with E-state index in [1.165, 1.54) is 25.7 Å². The minimum atomic E-state index is 0.283. The molecule has 3 nitrogen and oxygen atoms in total. The molecule has 3 heteroatoms. The second kappa shape index (κ2) is 6.72. The van der Waals surface area contributed by atoms with Crippen LogP contribution in [0.4, 0.5) is 0 Å². The van der Waals surface area contributed by atoms with Crippen molar-refractivity contribution in [3.63, 3.8) is 0 Å². The lowest BCUT2D eigenvalue weighted by Crippen LogP contribution is -2.60. The van der Waals surface area contributed by atoms with Gasteiger partial charge in [-0.1, -0.05) is 19.8 Å². The Morgan fingerprint density at radius 1 is 1.18 bits per heavy atom. The summed E-state index contributed by atoms with van der Waals surface area (Å²) >= 11 is 0. The highest BCUT2D eigenvalue weighted by atomic mass is 16.5. The molecule has 0 radical (unpaired) electrons. The zero-order valence-corrected chi connectivity index (χ0v) is 11.3. The molecule has 0 aliphatic heterocycles. The average Bonchev–Trinajstić information content (AvgIpc) is 3.12. The van der Waals surface area contributed by atoms with E-state index in [0.29, 0.717) is 12.1 Å². The molecule has 2 aliphatic carbocycles. The lowest BCUT2D eigenvalue weighted by Gasteiger charge is -2.44. The summed E-state index contributed by atoms with van der Waals surface area (Å²) in [5, 5.41) is 3.54. The highest BCUT2D eigenvalue weighted by molar-refractivity contribution is 4.97. The smallest absolute Gasteiger partial charge is 0.0990 e. The third-order valence-corrected chi connectivity index (χ3v) is 3.82. The molecule has 2 fully saturated rings. The third-order valence-electron chi connectivity index (χ3n) is 3.82. The summed E-state index contributed by atoms with van der Waals surface area (Å²) in [4.78, 5) is 0. The van der Waals surface area contributed by atoms with E-state index < -0.39 is 0 Å². The Kier molecular flexibility index (Phi) is 5.26. The van der Waals surface area contributed by atoms with E-state index in [0.717, 1.165) is 32.1 Å². The second-order valence-electron chi connectivity index (χ2n) is 5.36. The summed E-state index contributed by atoms with van der Waals surface area (Å²) in [7, 11) is 0. The van der Waals surface area contributed by atoms with Crippen LogP contribution >= 0.6 is 0 Å². The van der Waals surface area contributed by atoms with Crippen molar-refractivity contribution in [2.24, 2.45) is 5.92 Å². The first-order valence-corrected chi connectivity index (χ1v) is 7.31. The van der Waals surface area contributed by atoms with Gasteiger partial charge in [-0.15, -0.1) is 0 Å². The molecule has 2 aliphatic rings. The molecule has 0 bridgehead atoms. The molecule has 0 heterocycles. The standard InChI is InChI=1S/C14H27NO2/c1-3-8-15-12-10-13(14(12)16-4-2)17-9-7-11-5-6-11/h11-15H,3-10H2,1-2H3. The molecule has 1 N–H and O–H groups in total. The summed E-state index contributed by atoms with van der Waals surface area (Å²) in [6, 6.07) is 0.515. The van der Waals surface area contributed by atoms with Crippen LogP contribution in [0.25, 0.3) is 0 Å². The first-order valence-electron chi connectivity index (χ1n) is 7.31. The van der Waals surface area contributed by atoms with Gasteiger partial charge in [0.1, 0.15) is 0 Å². The molecule has 3 unspecified atom stereocenters. The average molecular weight is 241 g/mol. The lowest BCUT2D eigenvalue weighted by atomic mass is 9.85. The zero-order chi connectivity index (χ0) is 12.1. The maximum absolute atomic E-state index is 5.94. The van der Waals surface area contributed by atoms with Gasteiger partial charge in [0.15, 0.2) is 0 Å².